The molecule has 0 amide bonds. The Morgan fingerprint density at radius 2 is 2.20 bits per heavy atom. The van der Waals surface area contributed by atoms with E-state index in [-0.39, 0.29) is 6.61 Å². The van der Waals surface area contributed by atoms with E-state index >= 15 is 0 Å². The SMILES string of the molecule is CCC(C)N(CC)c1ccncc1CO. The number of pyridine rings is 1. The van der Waals surface area contributed by atoms with E-state index in [0.29, 0.717) is 6.04 Å². The van der Waals surface area contributed by atoms with E-state index in [0.717, 1.165) is 24.2 Å². The minimum Gasteiger partial charge on any atom is -0.392 e. The zero-order valence-electron chi connectivity index (χ0n) is 9.77. The maximum absolute atomic E-state index is 9.25. The maximum Gasteiger partial charge on any atom is 0.0717 e. The third-order valence-corrected chi connectivity index (χ3v) is 2.82. The van der Waals surface area contributed by atoms with Crippen molar-refractivity contribution in [2.75, 3.05) is 11.4 Å². The van der Waals surface area contributed by atoms with Crippen LogP contribution in [0.3, 0.4) is 0 Å². The van der Waals surface area contributed by atoms with Crippen molar-refractivity contribution in [3.63, 3.8) is 0 Å². The second-order valence-corrected chi connectivity index (χ2v) is 3.71. The summed E-state index contributed by atoms with van der Waals surface area (Å²) in [5, 5.41) is 9.25. The Balaban J connectivity index is 3.00. The summed E-state index contributed by atoms with van der Waals surface area (Å²) >= 11 is 0. The van der Waals surface area contributed by atoms with E-state index in [1.54, 1.807) is 12.4 Å². The summed E-state index contributed by atoms with van der Waals surface area (Å²) in [6.45, 7) is 7.51. The summed E-state index contributed by atoms with van der Waals surface area (Å²) in [6.07, 6.45) is 4.61. The summed E-state index contributed by atoms with van der Waals surface area (Å²) in [4.78, 5) is 6.33. The Labute approximate surface area is 91.8 Å². The average molecular weight is 208 g/mol. The van der Waals surface area contributed by atoms with Crippen LogP contribution in [0.15, 0.2) is 18.5 Å². The van der Waals surface area contributed by atoms with Gasteiger partial charge in [-0.3, -0.25) is 4.98 Å². The Bertz CT molecular complexity index is 301. The number of hydrogen-bond donors (Lipinski definition) is 1. The molecule has 1 rings (SSSR count). The van der Waals surface area contributed by atoms with Gasteiger partial charge in [0.05, 0.1) is 6.61 Å². The van der Waals surface area contributed by atoms with Gasteiger partial charge in [-0.2, -0.15) is 0 Å². The first-order valence-electron chi connectivity index (χ1n) is 5.54. The van der Waals surface area contributed by atoms with E-state index in [2.05, 4.69) is 30.7 Å². The molecule has 0 aliphatic rings. The maximum atomic E-state index is 9.25. The van der Waals surface area contributed by atoms with Crippen LogP contribution < -0.4 is 4.90 Å². The quantitative estimate of drug-likeness (QED) is 0.806. The number of rotatable bonds is 5. The standard InChI is InChI=1S/C12H20N2O/c1-4-10(3)14(5-2)12-6-7-13-8-11(12)9-15/h6-8,10,15H,4-5,9H2,1-3H3. The molecular formula is C12H20N2O. The summed E-state index contributed by atoms with van der Waals surface area (Å²) in [7, 11) is 0. The minimum atomic E-state index is 0.0517. The molecule has 0 saturated heterocycles. The van der Waals surface area contributed by atoms with Crippen LogP contribution in [0.1, 0.15) is 32.8 Å². The van der Waals surface area contributed by atoms with Gasteiger partial charge in [-0.15, -0.1) is 0 Å². The number of aliphatic hydroxyl groups is 1. The van der Waals surface area contributed by atoms with Crippen molar-refractivity contribution < 1.29 is 5.11 Å². The van der Waals surface area contributed by atoms with Crippen molar-refractivity contribution in [1.29, 1.82) is 0 Å². The average Bonchev–Trinajstić information content (AvgIpc) is 2.30. The van der Waals surface area contributed by atoms with Crippen LogP contribution >= 0.6 is 0 Å². The van der Waals surface area contributed by atoms with E-state index in [4.69, 9.17) is 0 Å². The third-order valence-electron chi connectivity index (χ3n) is 2.82. The predicted molar refractivity (Wildman–Crippen MR) is 62.9 cm³/mol. The minimum absolute atomic E-state index is 0.0517. The molecule has 3 nitrogen and oxygen atoms in total. The van der Waals surface area contributed by atoms with Gasteiger partial charge >= 0.3 is 0 Å². The highest BCUT2D eigenvalue weighted by Gasteiger charge is 2.13. The van der Waals surface area contributed by atoms with Crippen molar-refractivity contribution >= 4 is 5.69 Å². The second kappa shape index (κ2) is 5.71. The zero-order chi connectivity index (χ0) is 11.3. The highest BCUT2D eigenvalue weighted by Crippen LogP contribution is 2.22. The lowest BCUT2D eigenvalue weighted by atomic mass is 10.1. The second-order valence-electron chi connectivity index (χ2n) is 3.71. The topological polar surface area (TPSA) is 36.4 Å². The lowest BCUT2D eigenvalue weighted by Crippen LogP contribution is -2.33. The van der Waals surface area contributed by atoms with Gasteiger partial charge < -0.3 is 10.0 Å². The number of nitrogens with zero attached hydrogens (tertiary/aromatic N) is 2. The van der Waals surface area contributed by atoms with Gasteiger partial charge in [-0.1, -0.05) is 6.92 Å². The first-order chi connectivity index (χ1) is 7.24. The Hall–Kier alpha value is -1.09. The Kier molecular flexibility index (Phi) is 4.56. The number of aliphatic hydroxyl groups excluding tert-OH is 1. The fourth-order valence-corrected chi connectivity index (χ4v) is 1.76. The van der Waals surface area contributed by atoms with Crippen LogP contribution in [-0.2, 0) is 6.61 Å². The summed E-state index contributed by atoms with van der Waals surface area (Å²) in [5.74, 6) is 0. The molecule has 1 aromatic heterocycles. The fourth-order valence-electron chi connectivity index (χ4n) is 1.76. The molecule has 0 spiro atoms. The van der Waals surface area contributed by atoms with Gasteiger partial charge in [0.15, 0.2) is 0 Å². The number of aromatic nitrogens is 1. The van der Waals surface area contributed by atoms with Crippen LogP contribution in [0.4, 0.5) is 5.69 Å². The van der Waals surface area contributed by atoms with Gasteiger partial charge in [-0.05, 0) is 26.3 Å². The van der Waals surface area contributed by atoms with Crippen LogP contribution in [0.2, 0.25) is 0 Å². The van der Waals surface area contributed by atoms with Crippen molar-refractivity contribution in [3.05, 3.63) is 24.0 Å². The summed E-state index contributed by atoms with van der Waals surface area (Å²) in [5.41, 5.74) is 2.00. The predicted octanol–water partition coefficient (Wildman–Crippen LogP) is 2.20. The van der Waals surface area contributed by atoms with Crippen molar-refractivity contribution in [2.24, 2.45) is 0 Å². The van der Waals surface area contributed by atoms with Gasteiger partial charge in [0.2, 0.25) is 0 Å². The summed E-state index contributed by atoms with van der Waals surface area (Å²) < 4.78 is 0. The molecule has 0 aliphatic heterocycles. The molecule has 1 unspecified atom stereocenters. The molecule has 0 radical (unpaired) electrons. The van der Waals surface area contributed by atoms with Crippen molar-refractivity contribution in [2.45, 2.75) is 39.8 Å². The van der Waals surface area contributed by atoms with Crippen LogP contribution in [0.5, 0.6) is 0 Å². The monoisotopic (exact) mass is 208 g/mol. The fraction of sp³-hybridized carbons (Fsp3) is 0.583. The zero-order valence-corrected chi connectivity index (χ0v) is 9.77. The lowest BCUT2D eigenvalue weighted by Gasteiger charge is -2.30. The van der Waals surface area contributed by atoms with Gasteiger partial charge in [-0.25, -0.2) is 0 Å². The summed E-state index contributed by atoms with van der Waals surface area (Å²) in [6, 6.07) is 2.46. The molecule has 1 heterocycles. The van der Waals surface area contributed by atoms with Crippen molar-refractivity contribution in [1.82, 2.24) is 4.98 Å². The lowest BCUT2D eigenvalue weighted by molar-refractivity contribution is 0.281. The molecule has 1 aromatic rings. The smallest absolute Gasteiger partial charge is 0.0717 e. The number of hydrogen-bond acceptors (Lipinski definition) is 3. The molecule has 1 atom stereocenters. The molecule has 0 fully saturated rings. The van der Waals surface area contributed by atoms with Crippen molar-refractivity contribution in [3.8, 4) is 0 Å². The highest BCUT2D eigenvalue weighted by atomic mass is 16.3. The Morgan fingerprint density at radius 3 is 2.73 bits per heavy atom. The highest BCUT2D eigenvalue weighted by molar-refractivity contribution is 5.52. The van der Waals surface area contributed by atoms with Crippen LogP contribution in [-0.4, -0.2) is 22.7 Å². The first-order valence-corrected chi connectivity index (χ1v) is 5.54. The van der Waals surface area contributed by atoms with Gasteiger partial charge in [0, 0.05) is 36.2 Å². The van der Waals surface area contributed by atoms with E-state index in [1.165, 1.54) is 0 Å². The largest absolute Gasteiger partial charge is 0.392 e. The number of anilines is 1. The molecule has 15 heavy (non-hydrogen) atoms. The van der Waals surface area contributed by atoms with E-state index in [9.17, 15) is 5.11 Å². The molecule has 0 aromatic carbocycles. The molecular weight excluding hydrogens is 188 g/mol. The van der Waals surface area contributed by atoms with E-state index < -0.39 is 0 Å². The molecule has 0 bridgehead atoms. The molecule has 0 aliphatic carbocycles. The van der Waals surface area contributed by atoms with Gasteiger partial charge in [0.1, 0.15) is 0 Å². The third kappa shape index (κ3) is 2.69. The molecule has 1 N–H and O–H groups in total. The Morgan fingerprint density at radius 1 is 1.47 bits per heavy atom. The molecule has 84 valence electrons. The van der Waals surface area contributed by atoms with Crippen LogP contribution in [0.25, 0.3) is 0 Å². The van der Waals surface area contributed by atoms with E-state index in [1.807, 2.05) is 6.07 Å². The van der Waals surface area contributed by atoms with Gasteiger partial charge in [0.25, 0.3) is 0 Å². The van der Waals surface area contributed by atoms with Crippen LogP contribution in [0, 0.1) is 0 Å². The normalized spacial score (nSPS) is 12.5. The molecule has 3 heteroatoms. The molecule has 0 saturated carbocycles. The first kappa shape index (κ1) is 12.0.